The third-order valence-corrected chi connectivity index (χ3v) is 7.65. The summed E-state index contributed by atoms with van der Waals surface area (Å²) in [4.78, 5) is 26.7. The van der Waals surface area contributed by atoms with Gasteiger partial charge >= 0.3 is 5.97 Å². The molecule has 0 aromatic heterocycles. The quantitative estimate of drug-likeness (QED) is 0.853. The molecule has 1 amide bonds. The van der Waals surface area contributed by atoms with Crippen LogP contribution in [0.2, 0.25) is 0 Å². The number of carbonyl (C=O) groups excluding carboxylic acids is 1. The van der Waals surface area contributed by atoms with Crippen LogP contribution in [0.15, 0.2) is 0 Å². The van der Waals surface area contributed by atoms with E-state index in [1.807, 2.05) is 4.90 Å². The standard InChI is InChI=1S/C18H25NO3/c20-17(16-14-10-5-6-11(7-10)15(14)16)19-12-4-2-1-3-9(12)8-13(19)18(21)22/h9-16H,1-8H2,(H,21,22). The summed E-state index contributed by atoms with van der Waals surface area (Å²) in [7, 11) is 0. The molecule has 1 aliphatic heterocycles. The number of fused-ring (bicyclic) bond motifs is 6. The van der Waals surface area contributed by atoms with E-state index in [4.69, 9.17) is 0 Å². The van der Waals surface area contributed by atoms with Crippen LogP contribution in [0.5, 0.6) is 0 Å². The van der Waals surface area contributed by atoms with Gasteiger partial charge in [-0.05, 0) is 68.1 Å². The van der Waals surface area contributed by atoms with E-state index in [-0.39, 0.29) is 17.9 Å². The van der Waals surface area contributed by atoms with Gasteiger partial charge in [0.25, 0.3) is 0 Å². The first-order valence-corrected chi connectivity index (χ1v) is 9.22. The Morgan fingerprint density at radius 1 is 0.864 bits per heavy atom. The van der Waals surface area contributed by atoms with Gasteiger partial charge in [-0.15, -0.1) is 0 Å². The topological polar surface area (TPSA) is 57.6 Å². The number of carboxylic acid groups (broad SMARTS) is 1. The van der Waals surface area contributed by atoms with Gasteiger partial charge in [-0.25, -0.2) is 4.79 Å². The van der Waals surface area contributed by atoms with Crippen molar-refractivity contribution < 1.29 is 14.7 Å². The molecule has 4 saturated carbocycles. The summed E-state index contributed by atoms with van der Waals surface area (Å²) in [6.07, 6.45) is 9.15. The molecule has 5 rings (SSSR count). The highest BCUT2D eigenvalue weighted by Crippen LogP contribution is 2.70. The van der Waals surface area contributed by atoms with Gasteiger partial charge in [0.1, 0.15) is 6.04 Å². The zero-order valence-electron chi connectivity index (χ0n) is 13.0. The fourth-order valence-corrected chi connectivity index (χ4v) is 6.82. The van der Waals surface area contributed by atoms with Crippen molar-refractivity contribution >= 4 is 11.9 Å². The van der Waals surface area contributed by atoms with Gasteiger partial charge in [-0.1, -0.05) is 12.8 Å². The molecule has 1 heterocycles. The minimum absolute atomic E-state index is 0.189. The molecule has 7 unspecified atom stereocenters. The second-order valence-electron chi connectivity index (χ2n) is 8.46. The fraction of sp³-hybridized carbons (Fsp3) is 0.889. The highest BCUT2D eigenvalue weighted by molar-refractivity contribution is 5.88. The van der Waals surface area contributed by atoms with E-state index >= 15 is 0 Å². The van der Waals surface area contributed by atoms with Crippen molar-refractivity contribution in [3.05, 3.63) is 0 Å². The molecule has 120 valence electrons. The number of carbonyl (C=O) groups is 2. The van der Waals surface area contributed by atoms with Crippen molar-refractivity contribution in [1.82, 2.24) is 4.90 Å². The van der Waals surface area contributed by atoms with Crippen LogP contribution in [0.25, 0.3) is 0 Å². The summed E-state index contributed by atoms with van der Waals surface area (Å²) < 4.78 is 0. The number of amides is 1. The summed E-state index contributed by atoms with van der Waals surface area (Å²) in [5.41, 5.74) is 0. The Morgan fingerprint density at radius 3 is 2.23 bits per heavy atom. The lowest BCUT2D eigenvalue weighted by Gasteiger charge is -2.33. The molecule has 4 nitrogen and oxygen atoms in total. The van der Waals surface area contributed by atoms with Crippen LogP contribution in [0, 0.1) is 35.5 Å². The lowest BCUT2D eigenvalue weighted by Crippen LogP contribution is -2.47. The molecule has 7 atom stereocenters. The van der Waals surface area contributed by atoms with E-state index in [2.05, 4.69) is 0 Å². The molecule has 2 bridgehead atoms. The summed E-state index contributed by atoms with van der Waals surface area (Å²) in [5.74, 6) is 2.84. The van der Waals surface area contributed by atoms with Crippen LogP contribution in [0.1, 0.15) is 51.4 Å². The van der Waals surface area contributed by atoms with Gasteiger partial charge in [0, 0.05) is 12.0 Å². The maximum Gasteiger partial charge on any atom is 0.326 e. The van der Waals surface area contributed by atoms with E-state index in [0.717, 1.165) is 31.1 Å². The summed E-state index contributed by atoms with van der Waals surface area (Å²) in [6.45, 7) is 0. The summed E-state index contributed by atoms with van der Waals surface area (Å²) in [5, 5.41) is 9.61. The van der Waals surface area contributed by atoms with Crippen LogP contribution in [-0.4, -0.2) is 34.0 Å². The largest absolute Gasteiger partial charge is 0.480 e. The summed E-state index contributed by atoms with van der Waals surface area (Å²) in [6, 6.07) is -0.319. The number of carboxylic acids is 1. The van der Waals surface area contributed by atoms with Gasteiger partial charge in [-0.2, -0.15) is 0 Å². The monoisotopic (exact) mass is 303 g/mol. The van der Waals surface area contributed by atoms with Gasteiger partial charge in [0.2, 0.25) is 5.91 Å². The lowest BCUT2D eigenvalue weighted by molar-refractivity contribution is -0.151. The number of rotatable bonds is 2. The molecule has 0 aromatic carbocycles. The third-order valence-electron chi connectivity index (χ3n) is 7.65. The highest BCUT2D eigenvalue weighted by atomic mass is 16.4. The van der Waals surface area contributed by atoms with Crippen molar-refractivity contribution in [2.75, 3.05) is 0 Å². The minimum Gasteiger partial charge on any atom is -0.480 e. The number of hydrogen-bond acceptors (Lipinski definition) is 2. The van der Waals surface area contributed by atoms with Crippen molar-refractivity contribution in [3.8, 4) is 0 Å². The first-order valence-electron chi connectivity index (χ1n) is 9.22. The molecule has 5 aliphatic rings. The second kappa shape index (κ2) is 4.48. The fourth-order valence-electron chi connectivity index (χ4n) is 6.82. The van der Waals surface area contributed by atoms with Crippen LogP contribution >= 0.6 is 0 Å². The van der Waals surface area contributed by atoms with E-state index in [9.17, 15) is 14.7 Å². The van der Waals surface area contributed by atoms with Gasteiger partial charge < -0.3 is 10.0 Å². The Morgan fingerprint density at radius 2 is 1.55 bits per heavy atom. The molecule has 1 N–H and O–H groups in total. The van der Waals surface area contributed by atoms with Crippen molar-refractivity contribution in [1.29, 1.82) is 0 Å². The maximum absolute atomic E-state index is 13.2. The SMILES string of the molecule is O=C(O)C1CC2CCCCC2N1C(=O)C1C2C3CCC(C3)C12. The molecule has 1 saturated heterocycles. The van der Waals surface area contributed by atoms with Crippen molar-refractivity contribution in [3.63, 3.8) is 0 Å². The highest BCUT2D eigenvalue weighted by Gasteiger charge is 2.69. The van der Waals surface area contributed by atoms with Gasteiger partial charge in [-0.3, -0.25) is 4.79 Å². The smallest absolute Gasteiger partial charge is 0.326 e. The van der Waals surface area contributed by atoms with E-state index in [1.54, 1.807) is 0 Å². The predicted octanol–water partition coefficient (Wildman–Crippen LogP) is 2.52. The summed E-state index contributed by atoms with van der Waals surface area (Å²) >= 11 is 0. The molecule has 0 aromatic rings. The minimum atomic E-state index is -0.781. The lowest BCUT2D eigenvalue weighted by atomic mass is 9.84. The normalized spacial score (nSPS) is 51.5. The Kier molecular flexibility index (Phi) is 2.73. The average molecular weight is 303 g/mol. The Balaban J connectivity index is 1.40. The van der Waals surface area contributed by atoms with Gasteiger partial charge in [0.05, 0.1) is 0 Å². The Labute approximate surface area is 131 Å². The van der Waals surface area contributed by atoms with Crippen molar-refractivity contribution in [2.45, 2.75) is 63.5 Å². The molecule has 4 heteroatoms. The van der Waals surface area contributed by atoms with Crippen LogP contribution in [0.4, 0.5) is 0 Å². The molecule has 0 spiro atoms. The van der Waals surface area contributed by atoms with Crippen molar-refractivity contribution in [2.24, 2.45) is 35.5 Å². The molecule has 5 fully saturated rings. The number of hydrogen-bond donors (Lipinski definition) is 1. The number of nitrogens with zero attached hydrogens (tertiary/aromatic N) is 1. The Bertz CT molecular complexity index is 516. The molecule has 22 heavy (non-hydrogen) atoms. The van der Waals surface area contributed by atoms with E-state index in [0.29, 0.717) is 24.2 Å². The van der Waals surface area contributed by atoms with Gasteiger partial charge in [0.15, 0.2) is 0 Å². The molecular formula is C18H25NO3. The second-order valence-corrected chi connectivity index (χ2v) is 8.46. The van der Waals surface area contributed by atoms with Crippen LogP contribution in [-0.2, 0) is 9.59 Å². The average Bonchev–Trinajstić information content (AvgIpc) is 2.87. The van der Waals surface area contributed by atoms with E-state index in [1.165, 1.54) is 25.7 Å². The molecule has 0 radical (unpaired) electrons. The van der Waals surface area contributed by atoms with E-state index < -0.39 is 12.0 Å². The maximum atomic E-state index is 13.2. The first kappa shape index (κ1) is 13.4. The Hall–Kier alpha value is -1.06. The first-order chi connectivity index (χ1) is 10.7. The predicted molar refractivity (Wildman–Crippen MR) is 79.9 cm³/mol. The molecular weight excluding hydrogens is 278 g/mol. The number of aliphatic carboxylic acids is 1. The van der Waals surface area contributed by atoms with Crippen LogP contribution < -0.4 is 0 Å². The van der Waals surface area contributed by atoms with Crippen LogP contribution in [0.3, 0.4) is 0 Å². The zero-order valence-corrected chi connectivity index (χ0v) is 13.0. The number of likely N-dealkylation sites (tertiary alicyclic amines) is 1. The third kappa shape index (κ3) is 1.64. The zero-order chi connectivity index (χ0) is 15.0. The molecule has 4 aliphatic carbocycles.